The van der Waals surface area contributed by atoms with Crippen molar-refractivity contribution in [2.75, 3.05) is 49.3 Å². The van der Waals surface area contributed by atoms with Crippen LogP contribution in [0, 0.1) is 41.4 Å². The zero-order valence-corrected chi connectivity index (χ0v) is 60.5. The van der Waals surface area contributed by atoms with Gasteiger partial charge >= 0.3 is 0 Å². The Balaban J connectivity index is 3.10. The standard InChI is InChI=1S/C67H115N11O13S/c1-25-27-29-43(15)55(79)54-59(83)70-47(26-2)61(85)78(24)67(91-36-46-30-28-31-92-46)66(90)73(19)49(33-38(5)6)58(82)71-52(41(11)12)64(88)72(18)48(32-37(3)4)57(81)68-44(16)56(80)69-45(17)60(84)74(20)50(34-39(7)8)62(86)75(21)51(35-40(9)10)63(87)76(22)53(42(13)14)65(89)77(54)23/h25,27-28,30-31,37-45,47-55,67,79H,26,29,32-36H2,1-24H3,(H,68,81)(H,69,80)(H,70,83)(H,71,82)/b27-25+/t43-,44+,45-,47+,48+,49+,50+,51+,52+,53+,54+,55-,67-/m1/s1. The Bertz CT molecular complexity index is 2670. The number of allylic oxidation sites excluding steroid dienone is 2. The summed E-state index contributed by atoms with van der Waals surface area (Å²) in [5.74, 6) is -10.4. The molecule has 0 aromatic carbocycles. The van der Waals surface area contributed by atoms with Gasteiger partial charge in [0.05, 0.1) is 12.7 Å². The van der Waals surface area contributed by atoms with E-state index in [1.807, 2.05) is 60.8 Å². The number of thiophene rings is 1. The third-order valence-corrected chi connectivity index (χ3v) is 18.0. The average molecular weight is 1310 g/mol. The molecule has 11 amide bonds. The zero-order chi connectivity index (χ0) is 70.7. The van der Waals surface area contributed by atoms with Crippen LogP contribution in [-0.2, 0) is 64.1 Å². The minimum absolute atomic E-state index is 0.0489. The molecule has 1 saturated heterocycles. The van der Waals surface area contributed by atoms with Crippen molar-refractivity contribution in [2.24, 2.45) is 41.4 Å². The molecular weight excluding hydrogens is 1200 g/mol. The second-order valence-electron chi connectivity index (χ2n) is 27.5. The summed E-state index contributed by atoms with van der Waals surface area (Å²) in [6, 6.07) is -9.24. The van der Waals surface area contributed by atoms with Crippen molar-refractivity contribution in [3.8, 4) is 0 Å². The van der Waals surface area contributed by atoms with Crippen LogP contribution in [0.1, 0.15) is 161 Å². The fourth-order valence-electron chi connectivity index (χ4n) is 11.4. The summed E-state index contributed by atoms with van der Waals surface area (Å²) in [4.78, 5) is 172. The molecule has 1 aliphatic heterocycles. The predicted molar refractivity (Wildman–Crippen MR) is 356 cm³/mol. The number of nitrogens with one attached hydrogen (secondary N) is 4. The van der Waals surface area contributed by atoms with E-state index in [4.69, 9.17) is 4.74 Å². The van der Waals surface area contributed by atoms with E-state index < -0.39 is 155 Å². The van der Waals surface area contributed by atoms with Crippen LogP contribution in [0.25, 0.3) is 0 Å². The molecule has 5 N–H and O–H groups in total. The van der Waals surface area contributed by atoms with Crippen LogP contribution in [-0.4, -0.2) is 226 Å². The molecule has 1 aromatic rings. The van der Waals surface area contributed by atoms with Gasteiger partial charge in [-0.3, -0.25) is 52.7 Å². The molecule has 522 valence electrons. The number of amides is 11. The highest BCUT2D eigenvalue weighted by Gasteiger charge is 2.46. The number of likely N-dealkylation sites (N-methyl/N-ethyl adjacent to an activating group) is 7. The summed E-state index contributed by atoms with van der Waals surface area (Å²) in [7, 11) is 9.83. The molecule has 0 spiro atoms. The summed E-state index contributed by atoms with van der Waals surface area (Å²) < 4.78 is 6.32. The van der Waals surface area contributed by atoms with Gasteiger partial charge in [-0.25, -0.2) is 0 Å². The van der Waals surface area contributed by atoms with Gasteiger partial charge in [-0.05, 0) is 112 Å². The largest absolute Gasteiger partial charge is 0.390 e. The van der Waals surface area contributed by atoms with Gasteiger partial charge in [-0.15, -0.1) is 11.3 Å². The third kappa shape index (κ3) is 22.4. The van der Waals surface area contributed by atoms with Crippen molar-refractivity contribution in [2.45, 2.75) is 236 Å². The summed E-state index contributed by atoms with van der Waals surface area (Å²) in [6.45, 7) is 29.7. The number of hydrogen-bond acceptors (Lipinski definition) is 14. The summed E-state index contributed by atoms with van der Waals surface area (Å²) >= 11 is 1.34. The van der Waals surface area contributed by atoms with E-state index in [0.717, 1.165) is 9.80 Å². The van der Waals surface area contributed by atoms with E-state index in [2.05, 4.69) is 21.3 Å². The first-order valence-corrected chi connectivity index (χ1v) is 33.6. The zero-order valence-electron chi connectivity index (χ0n) is 59.7. The first-order valence-electron chi connectivity index (χ1n) is 32.7. The molecule has 2 rings (SSSR count). The summed E-state index contributed by atoms with van der Waals surface area (Å²) in [5, 5.41) is 25.1. The Morgan fingerprint density at radius 2 is 0.946 bits per heavy atom. The highest BCUT2D eigenvalue weighted by Crippen LogP contribution is 2.26. The van der Waals surface area contributed by atoms with E-state index in [-0.39, 0.29) is 68.8 Å². The van der Waals surface area contributed by atoms with Crippen LogP contribution in [0.5, 0.6) is 0 Å². The molecule has 0 aliphatic carbocycles. The van der Waals surface area contributed by atoms with Gasteiger partial charge in [-0.1, -0.05) is 115 Å². The lowest BCUT2D eigenvalue weighted by Crippen LogP contribution is -2.64. The highest BCUT2D eigenvalue weighted by atomic mass is 32.1. The second-order valence-corrected chi connectivity index (χ2v) is 28.6. The van der Waals surface area contributed by atoms with Gasteiger partial charge in [0.1, 0.15) is 60.4 Å². The van der Waals surface area contributed by atoms with Crippen molar-refractivity contribution >= 4 is 76.3 Å². The number of nitrogens with zero attached hydrogens (tertiary/aromatic N) is 7. The van der Waals surface area contributed by atoms with E-state index in [1.54, 1.807) is 72.8 Å². The molecule has 0 radical (unpaired) electrons. The molecule has 1 aliphatic rings. The molecule has 24 nitrogen and oxygen atoms in total. The molecule has 0 bridgehead atoms. The number of rotatable bonds is 18. The van der Waals surface area contributed by atoms with E-state index in [0.29, 0.717) is 4.88 Å². The van der Waals surface area contributed by atoms with Crippen molar-refractivity contribution in [1.29, 1.82) is 0 Å². The van der Waals surface area contributed by atoms with Gasteiger partial charge in [0, 0.05) is 54.2 Å². The fourth-order valence-corrected chi connectivity index (χ4v) is 12.1. The van der Waals surface area contributed by atoms with Gasteiger partial charge < -0.3 is 65.4 Å². The fraction of sp³-hybridized carbons (Fsp3) is 0.746. The summed E-state index contributed by atoms with van der Waals surface area (Å²) in [5.41, 5.74) is 0. The number of aliphatic hydroxyl groups is 1. The smallest absolute Gasteiger partial charge is 0.273 e. The van der Waals surface area contributed by atoms with E-state index >= 15 is 28.8 Å². The maximum Gasteiger partial charge on any atom is 0.273 e. The SMILES string of the molecule is C/C=C/C[C@@H](C)[C@@H](O)[C@H]1C(=O)N[C@@H](CC)C(=O)N(C)[C@H](OCc2cccs2)C(=O)N(C)[C@@H](CC(C)C)C(=O)N[C@@H](C(C)C)C(=O)N(C)[C@@H](CC(C)C)C(=O)N[C@@H](C)C(=O)N[C@H](C)C(=O)N(C)[C@@H](CC(C)C)C(=O)N(C)[C@@H](CC(C)C)C(=O)N(C)[C@@H](C(C)C)C(=O)N1C. The van der Waals surface area contributed by atoms with Crippen molar-refractivity contribution in [3.63, 3.8) is 0 Å². The van der Waals surface area contributed by atoms with Crippen LogP contribution in [0.2, 0.25) is 0 Å². The van der Waals surface area contributed by atoms with Crippen LogP contribution in [0.4, 0.5) is 0 Å². The van der Waals surface area contributed by atoms with Crippen molar-refractivity contribution in [3.05, 3.63) is 34.5 Å². The quantitative estimate of drug-likeness (QED) is 0.123. The Kier molecular flexibility index (Phi) is 33.2. The minimum Gasteiger partial charge on any atom is -0.390 e. The molecule has 1 aromatic heterocycles. The summed E-state index contributed by atoms with van der Waals surface area (Å²) in [6.07, 6.45) is 1.07. The molecule has 13 atom stereocenters. The van der Waals surface area contributed by atoms with Gasteiger partial charge in [0.15, 0.2) is 0 Å². The molecule has 25 heteroatoms. The Morgan fingerprint density at radius 1 is 0.500 bits per heavy atom. The molecular formula is C67H115N11O13S. The normalized spacial score (nSPS) is 26.6. The molecule has 2 heterocycles. The van der Waals surface area contributed by atoms with Crippen LogP contribution < -0.4 is 21.3 Å². The van der Waals surface area contributed by atoms with Gasteiger partial charge in [0.25, 0.3) is 5.91 Å². The highest BCUT2D eigenvalue weighted by molar-refractivity contribution is 7.09. The number of hydrogen-bond donors (Lipinski definition) is 5. The second kappa shape index (κ2) is 37.4. The number of aliphatic hydroxyl groups excluding tert-OH is 1. The Morgan fingerprint density at radius 3 is 1.40 bits per heavy atom. The molecule has 92 heavy (non-hydrogen) atoms. The van der Waals surface area contributed by atoms with Gasteiger partial charge in [-0.2, -0.15) is 0 Å². The van der Waals surface area contributed by atoms with E-state index in [9.17, 15) is 29.1 Å². The third-order valence-electron chi connectivity index (χ3n) is 17.2. The lowest BCUT2D eigenvalue weighted by Gasteiger charge is -2.41. The Hall–Kier alpha value is -6.47. The molecule has 0 saturated carbocycles. The molecule has 0 unspecified atom stereocenters. The number of ether oxygens (including phenoxy) is 1. The lowest BCUT2D eigenvalue weighted by atomic mass is 9.91. The Labute approximate surface area is 553 Å². The van der Waals surface area contributed by atoms with Gasteiger partial charge in [0.2, 0.25) is 65.3 Å². The van der Waals surface area contributed by atoms with E-state index in [1.165, 1.54) is 99.0 Å². The predicted octanol–water partition coefficient (Wildman–Crippen LogP) is 4.87. The maximum atomic E-state index is 15.3. The van der Waals surface area contributed by atoms with Crippen molar-refractivity contribution in [1.82, 2.24) is 55.6 Å². The lowest BCUT2D eigenvalue weighted by molar-refractivity contribution is -0.169. The minimum atomic E-state index is -1.71. The maximum absolute atomic E-state index is 15.3. The molecule has 1 fully saturated rings. The van der Waals surface area contributed by atoms with Crippen molar-refractivity contribution < 1.29 is 62.6 Å². The van der Waals surface area contributed by atoms with Crippen LogP contribution in [0.15, 0.2) is 29.7 Å². The number of carbonyl (C=O) groups is 11. The topological polar surface area (TPSA) is 288 Å². The first kappa shape index (κ1) is 81.6. The average Bonchev–Trinajstić information content (AvgIpc) is 1.03. The monoisotopic (exact) mass is 1310 g/mol. The van der Waals surface area contributed by atoms with Crippen LogP contribution >= 0.6 is 11.3 Å². The first-order chi connectivity index (χ1) is 42.7. The van der Waals surface area contributed by atoms with Crippen LogP contribution in [0.3, 0.4) is 0 Å². The number of carbonyl (C=O) groups excluding carboxylic acids is 11.